The first-order chi connectivity index (χ1) is 8.58. The highest BCUT2D eigenvalue weighted by molar-refractivity contribution is 5.99. The van der Waals surface area contributed by atoms with E-state index in [4.69, 9.17) is 0 Å². The summed E-state index contributed by atoms with van der Waals surface area (Å²) < 4.78 is 0. The van der Waals surface area contributed by atoms with E-state index in [0.717, 1.165) is 12.8 Å². The molecule has 0 bridgehead atoms. The SMILES string of the molecule is CC(C)C(=O)NCC(=O)c1ccc2c(c1)CCC2. The summed E-state index contributed by atoms with van der Waals surface area (Å²) in [5.74, 6) is -0.180. The molecule has 3 heteroatoms. The third-order valence-corrected chi connectivity index (χ3v) is 3.37. The maximum atomic E-state index is 12.0. The first-order valence-electron chi connectivity index (χ1n) is 6.50. The van der Waals surface area contributed by atoms with E-state index in [2.05, 4.69) is 5.32 Å². The van der Waals surface area contributed by atoms with Gasteiger partial charge in [0.05, 0.1) is 6.54 Å². The molecular weight excluding hydrogens is 226 g/mol. The number of hydrogen-bond donors (Lipinski definition) is 1. The van der Waals surface area contributed by atoms with Crippen molar-refractivity contribution in [3.05, 3.63) is 34.9 Å². The Morgan fingerprint density at radius 1 is 1.22 bits per heavy atom. The lowest BCUT2D eigenvalue weighted by Crippen LogP contribution is -2.32. The summed E-state index contributed by atoms with van der Waals surface area (Å²) >= 11 is 0. The second-order valence-electron chi connectivity index (χ2n) is 5.13. The number of hydrogen-bond acceptors (Lipinski definition) is 2. The molecule has 0 unspecified atom stereocenters. The van der Waals surface area contributed by atoms with Gasteiger partial charge >= 0.3 is 0 Å². The third-order valence-electron chi connectivity index (χ3n) is 3.37. The van der Waals surface area contributed by atoms with E-state index in [1.54, 1.807) is 0 Å². The predicted octanol–water partition coefficient (Wildman–Crippen LogP) is 2.13. The number of fused-ring (bicyclic) bond motifs is 1. The molecule has 1 N–H and O–H groups in total. The van der Waals surface area contributed by atoms with Gasteiger partial charge in [0.15, 0.2) is 5.78 Å². The normalized spacial score (nSPS) is 13.5. The highest BCUT2D eigenvalue weighted by Gasteiger charge is 2.15. The van der Waals surface area contributed by atoms with Gasteiger partial charge in [0, 0.05) is 11.5 Å². The molecule has 1 aliphatic rings. The van der Waals surface area contributed by atoms with Crippen LogP contribution in [0, 0.1) is 5.92 Å². The van der Waals surface area contributed by atoms with Crippen molar-refractivity contribution in [1.82, 2.24) is 5.32 Å². The second kappa shape index (κ2) is 5.34. The van der Waals surface area contributed by atoms with Crippen molar-refractivity contribution in [3.8, 4) is 0 Å². The summed E-state index contributed by atoms with van der Waals surface area (Å²) in [6, 6.07) is 5.89. The van der Waals surface area contributed by atoms with Gasteiger partial charge in [-0.25, -0.2) is 0 Å². The first kappa shape index (κ1) is 12.8. The molecule has 1 aromatic carbocycles. The van der Waals surface area contributed by atoms with Crippen LogP contribution in [0.5, 0.6) is 0 Å². The van der Waals surface area contributed by atoms with E-state index in [9.17, 15) is 9.59 Å². The van der Waals surface area contributed by atoms with Crippen LogP contribution in [0.4, 0.5) is 0 Å². The van der Waals surface area contributed by atoms with Crippen LogP contribution in [0.15, 0.2) is 18.2 Å². The summed E-state index contributed by atoms with van der Waals surface area (Å²) in [4.78, 5) is 23.4. The van der Waals surface area contributed by atoms with Crippen LogP contribution in [-0.2, 0) is 17.6 Å². The highest BCUT2D eigenvalue weighted by Crippen LogP contribution is 2.22. The summed E-state index contributed by atoms with van der Waals surface area (Å²) in [5, 5.41) is 2.66. The van der Waals surface area contributed by atoms with E-state index >= 15 is 0 Å². The molecule has 0 heterocycles. The maximum absolute atomic E-state index is 12.0. The second-order valence-corrected chi connectivity index (χ2v) is 5.13. The van der Waals surface area contributed by atoms with Gasteiger partial charge in [-0.1, -0.05) is 26.0 Å². The minimum absolute atomic E-state index is 0.0151. The molecule has 96 valence electrons. The van der Waals surface area contributed by atoms with Gasteiger partial charge in [-0.2, -0.15) is 0 Å². The topological polar surface area (TPSA) is 46.2 Å². The zero-order chi connectivity index (χ0) is 13.1. The molecule has 0 radical (unpaired) electrons. The van der Waals surface area contributed by atoms with Gasteiger partial charge < -0.3 is 5.32 Å². The molecule has 0 fully saturated rings. The average Bonchev–Trinajstić information content (AvgIpc) is 2.82. The Morgan fingerprint density at radius 2 is 1.94 bits per heavy atom. The molecule has 3 nitrogen and oxygen atoms in total. The minimum Gasteiger partial charge on any atom is -0.348 e. The van der Waals surface area contributed by atoms with Crippen molar-refractivity contribution in [2.24, 2.45) is 5.92 Å². The number of carbonyl (C=O) groups excluding carboxylic acids is 2. The monoisotopic (exact) mass is 245 g/mol. The van der Waals surface area contributed by atoms with Crippen LogP contribution >= 0.6 is 0 Å². The average molecular weight is 245 g/mol. The fourth-order valence-electron chi connectivity index (χ4n) is 2.22. The lowest BCUT2D eigenvalue weighted by atomic mass is 10.0. The smallest absolute Gasteiger partial charge is 0.222 e. The van der Waals surface area contributed by atoms with Gasteiger partial charge in [-0.15, -0.1) is 0 Å². The van der Waals surface area contributed by atoms with Crippen molar-refractivity contribution in [3.63, 3.8) is 0 Å². The fraction of sp³-hybridized carbons (Fsp3) is 0.467. The third kappa shape index (κ3) is 2.78. The van der Waals surface area contributed by atoms with Crippen LogP contribution in [0.2, 0.25) is 0 Å². The summed E-state index contributed by atoms with van der Waals surface area (Å²) in [5.41, 5.74) is 3.36. The molecule has 0 saturated carbocycles. The van der Waals surface area contributed by atoms with Crippen LogP contribution in [-0.4, -0.2) is 18.2 Å². The quantitative estimate of drug-likeness (QED) is 0.826. The first-order valence-corrected chi connectivity index (χ1v) is 6.50. The zero-order valence-electron chi connectivity index (χ0n) is 11.0. The van der Waals surface area contributed by atoms with E-state index in [1.165, 1.54) is 17.5 Å². The number of nitrogens with one attached hydrogen (secondary N) is 1. The molecule has 1 amide bonds. The van der Waals surface area contributed by atoms with Gasteiger partial charge in [0.2, 0.25) is 5.91 Å². The van der Waals surface area contributed by atoms with Crippen molar-refractivity contribution in [2.75, 3.05) is 6.54 Å². The van der Waals surface area contributed by atoms with Gasteiger partial charge in [-0.3, -0.25) is 9.59 Å². The van der Waals surface area contributed by atoms with Gasteiger partial charge in [-0.05, 0) is 36.5 Å². The number of Topliss-reactive ketones (excluding diaryl/α,β-unsaturated/α-hetero) is 1. The number of amides is 1. The summed E-state index contributed by atoms with van der Waals surface area (Å²) in [6.07, 6.45) is 3.36. The standard InChI is InChI=1S/C15H19NO2/c1-10(2)15(18)16-9-14(17)13-7-6-11-4-3-5-12(11)8-13/h6-8,10H,3-5,9H2,1-2H3,(H,16,18). The van der Waals surface area contributed by atoms with Crippen LogP contribution in [0.3, 0.4) is 0 Å². The molecule has 0 aromatic heterocycles. The fourth-order valence-corrected chi connectivity index (χ4v) is 2.22. The van der Waals surface area contributed by atoms with Gasteiger partial charge in [0.25, 0.3) is 0 Å². The van der Waals surface area contributed by atoms with Crippen LogP contribution in [0.25, 0.3) is 0 Å². The van der Waals surface area contributed by atoms with E-state index in [-0.39, 0.29) is 24.2 Å². The molecule has 0 aliphatic heterocycles. The number of ketones is 1. The predicted molar refractivity (Wildman–Crippen MR) is 70.6 cm³/mol. The number of aryl methyl sites for hydroxylation is 2. The molecule has 2 rings (SSSR count). The van der Waals surface area contributed by atoms with Crippen LogP contribution < -0.4 is 5.32 Å². The molecule has 0 saturated heterocycles. The highest BCUT2D eigenvalue weighted by atomic mass is 16.2. The molecule has 1 aliphatic carbocycles. The molecule has 1 aromatic rings. The van der Waals surface area contributed by atoms with E-state index < -0.39 is 0 Å². The molecular formula is C15H19NO2. The van der Waals surface area contributed by atoms with Crippen molar-refractivity contribution in [2.45, 2.75) is 33.1 Å². The number of carbonyl (C=O) groups is 2. The largest absolute Gasteiger partial charge is 0.348 e. The Morgan fingerprint density at radius 3 is 2.67 bits per heavy atom. The van der Waals surface area contributed by atoms with E-state index in [0.29, 0.717) is 5.56 Å². The Hall–Kier alpha value is -1.64. The van der Waals surface area contributed by atoms with Gasteiger partial charge in [0.1, 0.15) is 0 Å². The Labute approximate surface area is 108 Å². The molecule has 0 atom stereocenters. The minimum atomic E-state index is -0.0854. The van der Waals surface area contributed by atoms with Crippen molar-refractivity contribution in [1.29, 1.82) is 0 Å². The lowest BCUT2D eigenvalue weighted by molar-refractivity contribution is -0.123. The lowest BCUT2D eigenvalue weighted by Gasteiger charge is -2.08. The Balaban J connectivity index is 1.99. The summed E-state index contributed by atoms with van der Waals surface area (Å²) in [6.45, 7) is 3.72. The number of rotatable bonds is 4. The zero-order valence-corrected chi connectivity index (χ0v) is 11.0. The van der Waals surface area contributed by atoms with E-state index in [1.807, 2.05) is 32.0 Å². The van der Waals surface area contributed by atoms with Crippen molar-refractivity contribution >= 4 is 11.7 Å². The van der Waals surface area contributed by atoms with Crippen molar-refractivity contribution < 1.29 is 9.59 Å². The maximum Gasteiger partial charge on any atom is 0.222 e. The summed E-state index contributed by atoms with van der Waals surface area (Å²) in [7, 11) is 0. The number of benzene rings is 1. The molecule has 18 heavy (non-hydrogen) atoms. The van der Waals surface area contributed by atoms with Crippen LogP contribution in [0.1, 0.15) is 41.8 Å². The Kier molecular flexibility index (Phi) is 3.80. The Bertz CT molecular complexity index is 477. The molecule has 0 spiro atoms.